The number of thiophene rings is 1. The molecule has 1 aromatic heterocycles. The van der Waals surface area contributed by atoms with Gasteiger partial charge in [0, 0.05) is 0 Å². The molecule has 0 saturated carbocycles. The van der Waals surface area contributed by atoms with E-state index in [0.717, 1.165) is 14.9 Å². The average Bonchev–Trinajstić information content (AvgIpc) is 2.98. The highest BCUT2D eigenvalue weighted by Gasteiger charge is 2.22. The van der Waals surface area contributed by atoms with Crippen molar-refractivity contribution in [1.82, 2.24) is 5.32 Å². The summed E-state index contributed by atoms with van der Waals surface area (Å²) in [7, 11) is 0. The second kappa shape index (κ2) is 10.0. The maximum atomic E-state index is 12.4. The molecule has 10 heteroatoms. The number of rotatable bonds is 6. The minimum Gasteiger partial charge on any atom is -0.477 e. The number of carbonyl (C=O) groups is 2. The first kappa shape index (κ1) is 22.9. The van der Waals surface area contributed by atoms with Crippen molar-refractivity contribution in [1.29, 1.82) is 0 Å². The van der Waals surface area contributed by atoms with Crippen molar-refractivity contribution >= 4 is 86.7 Å². The molecule has 2 aromatic carbocycles. The molecule has 5 nitrogen and oxygen atoms in total. The molecule has 0 atom stereocenters. The fraction of sp³-hybridized carbons (Fsp3) is 0. The third kappa shape index (κ3) is 5.47. The molecule has 0 radical (unpaired) electrons. The number of carbonyl (C=O) groups excluding carboxylic acids is 1. The average molecular weight is 595 g/mol. The Balaban J connectivity index is 1.78. The van der Waals surface area contributed by atoms with Crippen LogP contribution in [0.4, 0.5) is 0 Å². The van der Waals surface area contributed by atoms with Crippen LogP contribution in [-0.4, -0.2) is 17.0 Å². The van der Waals surface area contributed by atoms with E-state index in [0.29, 0.717) is 17.1 Å². The van der Waals surface area contributed by atoms with E-state index in [1.807, 2.05) is 24.3 Å². The number of amides is 1. The van der Waals surface area contributed by atoms with Crippen LogP contribution in [0.5, 0.6) is 11.5 Å². The summed E-state index contributed by atoms with van der Waals surface area (Å²) in [4.78, 5) is 24.0. The van der Waals surface area contributed by atoms with Gasteiger partial charge in [-0.25, -0.2) is 4.79 Å². The Bertz CT molecular complexity index is 1150. The van der Waals surface area contributed by atoms with Crippen LogP contribution in [0.3, 0.4) is 0 Å². The Hall–Kier alpha value is -1.78. The predicted octanol–water partition coefficient (Wildman–Crippen LogP) is 6.96. The molecule has 0 aliphatic carbocycles. The highest BCUT2D eigenvalue weighted by molar-refractivity contribution is 14.1. The number of carboxylic acid groups (broad SMARTS) is 1. The molecule has 0 aliphatic heterocycles. The van der Waals surface area contributed by atoms with Gasteiger partial charge in [0.15, 0.2) is 0 Å². The van der Waals surface area contributed by atoms with E-state index in [9.17, 15) is 14.7 Å². The van der Waals surface area contributed by atoms with Gasteiger partial charge in [-0.3, -0.25) is 4.79 Å². The number of carboxylic acids is 1. The van der Waals surface area contributed by atoms with Gasteiger partial charge in [-0.2, -0.15) is 0 Å². The summed E-state index contributed by atoms with van der Waals surface area (Å²) in [6, 6.07) is 14.3. The van der Waals surface area contributed by atoms with Crippen molar-refractivity contribution < 1.29 is 19.4 Å². The van der Waals surface area contributed by atoms with Gasteiger partial charge in [-0.1, -0.05) is 59.1 Å². The summed E-state index contributed by atoms with van der Waals surface area (Å²) >= 11 is 20.8. The Kier molecular flexibility index (Phi) is 7.65. The topological polar surface area (TPSA) is 75.6 Å². The Morgan fingerprint density at radius 2 is 1.70 bits per heavy atom. The summed E-state index contributed by atoms with van der Waals surface area (Å²) in [6.45, 7) is 0. The van der Waals surface area contributed by atoms with E-state index < -0.39 is 11.9 Å². The zero-order valence-corrected chi connectivity index (χ0v) is 20.0. The van der Waals surface area contributed by atoms with Crippen LogP contribution < -0.4 is 10.1 Å². The van der Waals surface area contributed by atoms with Crippen LogP contribution in [-0.2, 0) is 4.79 Å². The summed E-state index contributed by atoms with van der Waals surface area (Å²) in [6.07, 6.45) is 1.32. The fourth-order valence-corrected chi connectivity index (χ4v) is 4.49. The Labute approximate surface area is 204 Å². The fourth-order valence-electron chi connectivity index (χ4n) is 2.29. The van der Waals surface area contributed by atoms with Crippen LogP contribution in [0.25, 0.3) is 6.08 Å². The van der Waals surface area contributed by atoms with E-state index in [2.05, 4.69) is 27.9 Å². The molecule has 3 rings (SSSR count). The normalized spacial score (nSPS) is 11.3. The lowest BCUT2D eigenvalue weighted by atomic mass is 10.2. The number of nitrogens with one attached hydrogen (secondary N) is 1. The highest BCUT2D eigenvalue weighted by Crippen LogP contribution is 2.40. The minimum absolute atomic E-state index is 0.0223. The van der Waals surface area contributed by atoms with E-state index in [1.165, 1.54) is 6.08 Å². The lowest BCUT2D eigenvalue weighted by Crippen LogP contribution is -2.26. The maximum absolute atomic E-state index is 12.4. The van der Waals surface area contributed by atoms with Crippen LogP contribution in [0, 0.1) is 3.57 Å². The van der Waals surface area contributed by atoms with Gasteiger partial charge in [0.2, 0.25) is 0 Å². The molecule has 30 heavy (non-hydrogen) atoms. The van der Waals surface area contributed by atoms with Gasteiger partial charge < -0.3 is 15.2 Å². The summed E-state index contributed by atoms with van der Waals surface area (Å²) in [5.74, 6) is -0.727. The molecular formula is C20H11Cl3INO4S. The summed E-state index contributed by atoms with van der Waals surface area (Å²) in [5, 5.41) is 11.8. The van der Waals surface area contributed by atoms with Crippen molar-refractivity contribution in [2.24, 2.45) is 0 Å². The van der Waals surface area contributed by atoms with Gasteiger partial charge in [0.1, 0.15) is 26.4 Å². The lowest BCUT2D eigenvalue weighted by molar-refractivity contribution is -0.132. The first-order valence-corrected chi connectivity index (χ1v) is 11.2. The third-order valence-electron chi connectivity index (χ3n) is 3.70. The Morgan fingerprint density at radius 1 is 1.03 bits per heavy atom. The van der Waals surface area contributed by atoms with Crippen molar-refractivity contribution in [3.63, 3.8) is 0 Å². The minimum atomic E-state index is -1.31. The largest absolute Gasteiger partial charge is 0.477 e. The molecule has 0 fully saturated rings. The van der Waals surface area contributed by atoms with Crippen LogP contribution >= 0.6 is 68.7 Å². The smallest absolute Gasteiger partial charge is 0.352 e. The molecule has 2 N–H and O–H groups in total. The standard InChI is InChI=1S/C20H11Cl3INO4S/c21-15-16(22)18(23)30-17(15)19(26)25-13(20(27)28)9-10-5-7-11(8-6-10)29-14-4-2-1-3-12(14)24/h1-9H,(H,25,26)(H,27,28)/b13-9-. The van der Waals surface area contributed by atoms with Crippen molar-refractivity contribution in [2.75, 3.05) is 0 Å². The van der Waals surface area contributed by atoms with Gasteiger partial charge in [0.05, 0.1) is 13.6 Å². The molecule has 0 unspecified atom stereocenters. The molecule has 0 aliphatic rings. The summed E-state index contributed by atoms with van der Waals surface area (Å²) < 4.78 is 6.92. The highest BCUT2D eigenvalue weighted by atomic mass is 127. The molecule has 1 amide bonds. The van der Waals surface area contributed by atoms with Crippen LogP contribution in [0.15, 0.2) is 54.2 Å². The first-order chi connectivity index (χ1) is 14.3. The monoisotopic (exact) mass is 593 g/mol. The lowest BCUT2D eigenvalue weighted by Gasteiger charge is -2.08. The third-order valence-corrected chi connectivity index (χ3v) is 7.16. The molecule has 0 spiro atoms. The van der Waals surface area contributed by atoms with E-state index in [4.69, 9.17) is 39.5 Å². The second-order valence-electron chi connectivity index (χ2n) is 5.75. The quantitative estimate of drug-likeness (QED) is 0.239. The van der Waals surface area contributed by atoms with E-state index in [1.54, 1.807) is 24.3 Å². The second-order valence-corrected chi connectivity index (χ2v) is 9.29. The maximum Gasteiger partial charge on any atom is 0.352 e. The van der Waals surface area contributed by atoms with E-state index in [-0.39, 0.29) is 25.0 Å². The number of aliphatic carboxylic acids is 1. The predicted molar refractivity (Wildman–Crippen MR) is 128 cm³/mol. The number of para-hydroxylation sites is 1. The van der Waals surface area contributed by atoms with E-state index >= 15 is 0 Å². The number of hydrogen-bond donors (Lipinski definition) is 2. The van der Waals surface area contributed by atoms with Gasteiger partial charge >= 0.3 is 5.97 Å². The number of ether oxygens (including phenoxy) is 1. The van der Waals surface area contributed by atoms with Crippen molar-refractivity contribution in [3.05, 3.63) is 82.6 Å². The van der Waals surface area contributed by atoms with Crippen LogP contribution in [0.2, 0.25) is 14.4 Å². The molecule has 154 valence electrons. The summed E-state index contributed by atoms with van der Waals surface area (Å²) in [5.41, 5.74) is 0.221. The Morgan fingerprint density at radius 3 is 2.27 bits per heavy atom. The molecule has 0 bridgehead atoms. The number of benzene rings is 2. The number of hydrogen-bond acceptors (Lipinski definition) is 4. The van der Waals surface area contributed by atoms with Gasteiger partial charge in [-0.05, 0) is 58.5 Å². The van der Waals surface area contributed by atoms with Crippen LogP contribution in [0.1, 0.15) is 15.2 Å². The molecule has 0 saturated heterocycles. The molecule has 3 aromatic rings. The van der Waals surface area contributed by atoms with Crippen molar-refractivity contribution in [3.8, 4) is 11.5 Å². The zero-order valence-electron chi connectivity index (χ0n) is 14.8. The van der Waals surface area contributed by atoms with Gasteiger partial charge in [-0.15, -0.1) is 11.3 Å². The number of halogens is 4. The van der Waals surface area contributed by atoms with Gasteiger partial charge in [0.25, 0.3) is 5.91 Å². The first-order valence-electron chi connectivity index (χ1n) is 8.18. The molecule has 1 heterocycles. The SMILES string of the molecule is O=C(O)/C(=C/c1ccc(Oc2ccccc2I)cc1)NC(=O)c1sc(Cl)c(Cl)c1Cl. The molecular weight excluding hydrogens is 584 g/mol. The zero-order chi connectivity index (χ0) is 21.8. The van der Waals surface area contributed by atoms with Crippen molar-refractivity contribution in [2.45, 2.75) is 0 Å².